The molecule has 0 saturated carbocycles. The summed E-state index contributed by atoms with van der Waals surface area (Å²) in [5.74, 6) is 1.67. The van der Waals surface area contributed by atoms with E-state index in [0.717, 1.165) is 39.1 Å². The molecule has 3 aliphatic carbocycles. The maximum absolute atomic E-state index is 12.8. The van der Waals surface area contributed by atoms with Gasteiger partial charge in [0.15, 0.2) is 0 Å². The molecule has 0 aliphatic heterocycles. The summed E-state index contributed by atoms with van der Waals surface area (Å²) >= 11 is 0. The van der Waals surface area contributed by atoms with Crippen molar-refractivity contribution >= 4 is 11.0 Å². The van der Waals surface area contributed by atoms with Crippen LogP contribution in [0.5, 0.6) is 5.75 Å². The van der Waals surface area contributed by atoms with Gasteiger partial charge in [0.05, 0.1) is 28.0 Å². The van der Waals surface area contributed by atoms with Gasteiger partial charge in [-0.3, -0.25) is 9.55 Å². The molecule has 0 spiro atoms. The minimum atomic E-state index is 0. The number of benzene rings is 7. The zero-order valence-electron chi connectivity index (χ0n) is 38.8. The Hall–Kier alpha value is -6.35. The number of rotatable bonds is 7. The summed E-state index contributed by atoms with van der Waals surface area (Å²) in [6, 6.07) is 58.3. The van der Waals surface area contributed by atoms with Gasteiger partial charge in [-0.25, -0.2) is 4.98 Å². The Bertz CT molecular complexity index is 3290. The first-order valence-electron chi connectivity index (χ1n) is 23.2. The molecule has 0 unspecified atom stereocenters. The van der Waals surface area contributed by atoms with E-state index in [2.05, 4.69) is 193 Å². The summed E-state index contributed by atoms with van der Waals surface area (Å²) in [6.45, 7) is 18.0. The van der Waals surface area contributed by atoms with Crippen molar-refractivity contribution in [2.24, 2.45) is 0 Å². The smallest absolute Gasteiger partial charge is 0.149 e. The molecule has 0 fully saturated rings. The number of aromatic nitrogens is 3. The average molecular weight is 1040 g/mol. The van der Waals surface area contributed by atoms with Crippen molar-refractivity contribution in [1.82, 2.24) is 14.5 Å². The van der Waals surface area contributed by atoms with Gasteiger partial charge >= 0.3 is 0 Å². The van der Waals surface area contributed by atoms with Crippen molar-refractivity contribution in [1.29, 1.82) is 0 Å². The molecular weight excluding hydrogens is 986 g/mol. The van der Waals surface area contributed by atoms with Crippen LogP contribution in [0, 0.1) is 13.0 Å². The number of aromatic hydroxyl groups is 1. The first-order chi connectivity index (χ1) is 31.4. The summed E-state index contributed by atoms with van der Waals surface area (Å²) < 4.78 is 2.28. The first-order valence-corrected chi connectivity index (χ1v) is 23.2. The third-order valence-corrected chi connectivity index (χ3v) is 14.1. The van der Waals surface area contributed by atoms with E-state index in [1.165, 1.54) is 55.6 Å². The van der Waals surface area contributed by atoms with Crippen molar-refractivity contribution in [3.63, 3.8) is 0 Å². The van der Waals surface area contributed by atoms with Crippen LogP contribution < -0.4 is 0 Å². The van der Waals surface area contributed by atoms with Gasteiger partial charge in [-0.05, 0) is 116 Å². The fourth-order valence-electron chi connectivity index (χ4n) is 10.8. The Morgan fingerprint density at radius 2 is 1.15 bits per heavy atom. The number of hydrogen-bond acceptors (Lipinski definition) is 3. The fourth-order valence-corrected chi connectivity index (χ4v) is 10.8. The van der Waals surface area contributed by atoms with Crippen LogP contribution in [-0.2, 0) is 26.5 Å². The van der Waals surface area contributed by atoms with Gasteiger partial charge in [0.2, 0.25) is 0 Å². The third-order valence-electron chi connectivity index (χ3n) is 14.1. The number of para-hydroxylation sites is 4. The van der Waals surface area contributed by atoms with Crippen molar-refractivity contribution in [2.75, 3.05) is 0 Å². The Morgan fingerprint density at radius 3 is 1.77 bits per heavy atom. The van der Waals surface area contributed by atoms with Crippen LogP contribution >= 0.6 is 0 Å². The van der Waals surface area contributed by atoms with Gasteiger partial charge in [-0.1, -0.05) is 158 Å². The Morgan fingerprint density at radius 1 is 0.576 bits per heavy atom. The third kappa shape index (κ3) is 6.99. The second-order valence-corrected chi connectivity index (χ2v) is 19.8. The zero-order chi connectivity index (χ0) is 44.9. The molecular formula is C61H54N3OPt-. The average Bonchev–Trinajstić information content (AvgIpc) is 3.69. The number of pyridine rings is 1. The predicted molar refractivity (Wildman–Crippen MR) is 267 cm³/mol. The molecule has 0 radical (unpaired) electrons. The molecule has 5 heteroatoms. The van der Waals surface area contributed by atoms with E-state index in [1.54, 1.807) is 0 Å². The van der Waals surface area contributed by atoms with Gasteiger partial charge in [-0.15, -0.1) is 34.9 Å². The summed E-state index contributed by atoms with van der Waals surface area (Å²) in [7, 11) is 0. The van der Waals surface area contributed by atoms with Crippen LogP contribution in [0.25, 0.3) is 61.8 Å². The Balaban J connectivity index is 0.00000511. The monoisotopic (exact) mass is 1040 g/mol. The van der Waals surface area contributed by atoms with Gasteiger partial charge in [-0.2, -0.15) is 0 Å². The van der Waals surface area contributed by atoms with E-state index in [9.17, 15) is 5.11 Å². The number of hydrogen-bond donors (Lipinski definition) is 1. The molecule has 330 valence electrons. The van der Waals surface area contributed by atoms with Crippen LogP contribution in [0.3, 0.4) is 0 Å². The Kier molecular flexibility index (Phi) is 10.9. The number of fused-ring (bicyclic) bond motifs is 1. The summed E-state index contributed by atoms with van der Waals surface area (Å²) in [5, 5.41) is 12.8. The molecule has 3 aliphatic rings. The topological polar surface area (TPSA) is 50.9 Å². The standard InChI is InChI=1S/C61H54N3O.Pt/c1-35(2)41-21-15-22-42(36(3)4)58(41)64-55-26-14-13-25-52(55)63-60(64)50-24-16-23-49(59(50)65)54-34-39(43-30-28-40(31-37(43)5)61(6,7)8)33-53(62-54)38-27-29-48-51(32-38)57-46-19-11-9-17-44(46)56(48)45-18-10-12-20-47(45)57;/h9-26,28-36,56-57,65H,1-8H3;/q-1;. The van der Waals surface area contributed by atoms with Crippen LogP contribution in [0.1, 0.15) is 128 Å². The predicted octanol–water partition coefficient (Wildman–Crippen LogP) is 15.4. The molecule has 2 aromatic heterocycles. The van der Waals surface area contributed by atoms with Gasteiger partial charge < -0.3 is 5.11 Å². The largest absolute Gasteiger partial charge is 0.506 e. The van der Waals surface area contributed by atoms with Crippen LogP contribution in [0.4, 0.5) is 0 Å². The molecule has 0 atom stereocenters. The summed E-state index contributed by atoms with van der Waals surface area (Å²) in [6.07, 6.45) is 0. The molecule has 2 bridgehead atoms. The molecule has 9 aromatic rings. The molecule has 7 aromatic carbocycles. The van der Waals surface area contributed by atoms with Crippen LogP contribution in [0.2, 0.25) is 0 Å². The molecule has 12 rings (SSSR count). The van der Waals surface area contributed by atoms with Crippen LogP contribution in [0.15, 0.2) is 152 Å². The second-order valence-electron chi connectivity index (χ2n) is 19.8. The van der Waals surface area contributed by atoms with Crippen molar-refractivity contribution in [3.05, 3.63) is 213 Å². The Labute approximate surface area is 403 Å². The quantitative estimate of drug-likeness (QED) is 0.162. The van der Waals surface area contributed by atoms with E-state index in [4.69, 9.17) is 9.97 Å². The maximum Gasteiger partial charge on any atom is 0.149 e. The van der Waals surface area contributed by atoms with E-state index in [0.29, 0.717) is 22.6 Å². The molecule has 0 amide bonds. The van der Waals surface area contributed by atoms with Crippen molar-refractivity contribution in [2.45, 2.75) is 84.5 Å². The molecule has 0 saturated heterocycles. The molecule has 66 heavy (non-hydrogen) atoms. The number of phenols is 1. The summed E-state index contributed by atoms with van der Waals surface area (Å²) in [4.78, 5) is 10.8. The van der Waals surface area contributed by atoms with E-state index in [1.807, 2.05) is 24.3 Å². The zero-order valence-corrected chi connectivity index (χ0v) is 41.1. The van der Waals surface area contributed by atoms with Gasteiger partial charge in [0.1, 0.15) is 11.6 Å². The SMILES string of the molecule is Cc1cc(C(C)(C)C)ccc1-c1cc(-c2[c-]cc3c(c2)C2c4ccccc4C3c3ccccc32)nc(-c2cccc(-c3nc4ccccc4n3-c3c(C(C)C)cccc3C(C)C)c2O)c1.[Pt]. The van der Waals surface area contributed by atoms with E-state index in [-0.39, 0.29) is 55.9 Å². The van der Waals surface area contributed by atoms with Crippen molar-refractivity contribution in [3.8, 4) is 56.5 Å². The molecule has 1 N–H and O–H groups in total. The van der Waals surface area contributed by atoms with E-state index >= 15 is 0 Å². The maximum atomic E-state index is 12.8. The summed E-state index contributed by atoms with van der Waals surface area (Å²) in [5.41, 5.74) is 22.0. The minimum Gasteiger partial charge on any atom is -0.506 e. The van der Waals surface area contributed by atoms with Crippen LogP contribution in [-0.4, -0.2) is 19.6 Å². The molecule has 4 nitrogen and oxygen atoms in total. The van der Waals surface area contributed by atoms with E-state index < -0.39 is 0 Å². The second kappa shape index (κ2) is 16.5. The number of imidazole rings is 1. The number of aryl methyl sites for hydroxylation is 1. The first kappa shape index (κ1) is 43.5. The number of nitrogens with zero attached hydrogens (tertiary/aromatic N) is 3. The van der Waals surface area contributed by atoms with Crippen molar-refractivity contribution < 1.29 is 26.2 Å². The molecule has 2 heterocycles. The minimum absolute atomic E-state index is 0. The fraction of sp³-hybridized carbons (Fsp3) is 0.213. The van der Waals surface area contributed by atoms with Gasteiger partial charge in [0.25, 0.3) is 0 Å². The normalized spacial score (nSPS) is 14.9. The number of phenolic OH excluding ortho intramolecular Hbond substituents is 1. The van der Waals surface area contributed by atoms with Gasteiger partial charge in [0, 0.05) is 38.5 Å².